The first kappa shape index (κ1) is 16.9. The van der Waals surface area contributed by atoms with Gasteiger partial charge in [-0.2, -0.15) is 5.26 Å². The fourth-order valence-corrected chi connectivity index (χ4v) is 5.00. The molecule has 0 atom stereocenters. The first-order valence-corrected chi connectivity index (χ1v) is 11.7. The van der Waals surface area contributed by atoms with Crippen LogP contribution in [0.3, 0.4) is 0 Å². The lowest BCUT2D eigenvalue weighted by Gasteiger charge is -2.30. The van der Waals surface area contributed by atoms with E-state index in [0.717, 1.165) is 53.7 Å². The van der Waals surface area contributed by atoms with Crippen molar-refractivity contribution in [3.63, 3.8) is 0 Å². The molecule has 0 N–H and O–H groups in total. The van der Waals surface area contributed by atoms with Crippen LogP contribution >= 0.6 is 30.3 Å². The molecule has 1 saturated carbocycles. The first-order chi connectivity index (χ1) is 12.3. The molecule has 0 amide bonds. The van der Waals surface area contributed by atoms with Gasteiger partial charge >= 0.3 is 0 Å². The number of pyridine rings is 2. The van der Waals surface area contributed by atoms with Crippen LogP contribution in [0.5, 0.6) is 0 Å². The van der Waals surface area contributed by atoms with Crippen LogP contribution in [0.25, 0.3) is 22.3 Å². The Morgan fingerprint density at radius 3 is 2.76 bits per heavy atom. The van der Waals surface area contributed by atoms with Crippen LogP contribution in [0.15, 0.2) is 42.7 Å². The fraction of sp³-hybridized carbons (Fsp3) is 0.316. The van der Waals surface area contributed by atoms with Gasteiger partial charge in [-0.1, -0.05) is 25.3 Å². The van der Waals surface area contributed by atoms with Crippen LogP contribution in [-0.2, 0) is 5.41 Å². The summed E-state index contributed by atoms with van der Waals surface area (Å²) in [6.07, 6.45) is 9.11. The standard InChI is InChI=1S/C19H17IN4S/c20-25-24-12-8-15-14(7-11-22-18(15)24)16-5-4-6-17(23-16)19(13-21)9-2-1-3-10-19/h4-8,11-12H,1-3,9-10H2. The molecule has 1 aliphatic rings. The predicted molar refractivity (Wildman–Crippen MR) is 110 cm³/mol. The molecular weight excluding hydrogens is 443 g/mol. The highest BCUT2D eigenvalue weighted by molar-refractivity contribution is 14.2. The van der Waals surface area contributed by atoms with Gasteiger partial charge in [0.25, 0.3) is 0 Å². The van der Waals surface area contributed by atoms with E-state index in [0.29, 0.717) is 0 Å². The monoisotopic (exact) mass is 460 g/mol. The number of halogens is 1. The van der Waals surface area contributed by atoms with Crippen LogP contribution < -0.4 is 0 Å². The zero-order chi connectivity index (χ0) is 17.3. The molecule has 3 heterocycles. The molecule has 0 bridgehead atoms. The number of nitriles is 1. The average molecular weight is 460 g/mol. The molecule has 0 radical (unpaired) electrons. The average Bonchev–Trinajstić information content (AvgIpc) is 3.12. The van der Waals surface area contributed by atoms with Crippen molar-refractivity contribution in [3.05, 3.63) is 48.4 Å². The van der Waals surface area contributed by atoms with E-state index in [1.54, 1.807) is 9.12 Å². The Labute approximate surface area is 163 Å². The lowest BCUT2D eigenvalue weighted by Crippen LogP contribution is -2.28. The third-order valence-corrected chi connectivity index (χ3v) is 6.78. The van der Waals surface area contributed by atoms with Crippen molar-refractivity contribution in [1.82, 2.24) is 13.9 Å². The molecule has 126 valence electrons. The zero-order valence-corrected chi connectivity index (χ0v) is 16.6. The quantitative estimate of drug-likeness (QED) is 0.473. The number of aromatic nitrogens is 3. The molecule has 0 aliphatic heterocycles. The van der Waals surface area contributed by atoms with E-state index in [4.69, 9.17) is 4.98 Å². The minimum atomic E-state index is -0.426. The molecule has 3 aromatic heterocycles. The van der Waals surface area contributed by atoms with Gasteiger partial charge in [-0.25, -0.2) is 4.98 Å². The Kier molecular flexibility index (Phi) is 4.69. The number of rotatable bonds is 3. The van der Waals surface area contributed by atoms with Gasteiger partial charge in [-0.15, -0.1) is 0 Å². The summed E-state index contributed by atoms with van der Waals surface area (Å²) in [5.74, 6) is 0. The van der Waals surface area contributed by atoms with E-state index >= 15 is 0 Å². The molecule has 4 nitrogen and oxygen atoms in total. The molecule has 3 aromatic rings. The van der Waals surface area contributed by atoms with Gasteiger partial charge in [-0.3, -0.25) is 8.96 Å². The Hall–Kier alpha value is -1.59. The smallest absolute Gasteiger partial charge is 0.151 e. The maximum atomic E-state index is 9.86. The Morgan fingerprint density at radius 2 is 2.00 bits per heavy atom. The van der Waals surface area contributed by atoms with E-state index in [1.807, 2.05) is 40.6 Å². The summed E-state index contributed by atoms with van der Waals surface area (Å²) in [6, 6.07) is 12.7. The second-order valence-electron chi connectivity index (χ2n) is 6.47. The second-order valence-corrected chi connectivity index (χ2v) is 8.18. The molecule has 0 unspecified atom stereocenters. The summed E-state index contributed by atoms with van der Waals surface area (Å²) >= 11 is 2.25. The molecule has 0 saturated heterocycles. The number of hydrogen-bond donors (Lipinski definition) is 0. The molecule has 25 heavy (non-hydrogen) atoms. The van der Waals surface area contributed by atoms with E-state index < -0.39 is 5.41 Å². The molecule has 4 rings (SSSR count). The lowest BCUT2D eigenvalue weighted by atomic mass is 9.72. The van der Waals surface area contributed by atoms with Gasteiger partial charge in [-0.05, 0) is 37.1 Å². The van der Waals surface area contributed by atoms with Gasteiger partial charge in [0.15, 0.2) is 5.65 Å². The van der Waals surface area contributed by atoms with Gasteiger partial charge < -0.3 is 0 Å². The number of hydrogen-bond acceptors (Lipinski definition) is 4. The summed E-state index contributed by atoms with van der Waals surface area (Å²) < 4.78 is 2.04. The summed E-state index contributed by atoms with van der Waals surface area (Å²) in [7, 11) is 1.60. The third kappa shape index (κ3) is 2.93. The summed E-state index contributed by atoms with van der Waals surface area (Å²) in [6.45, 7) is 0. The van der Waals surface area contributed by atoms with Crippen LogP contribution in [0, 0.1) is 11.3 Å². The highest BCUT2D eigenvalue weighted by atomic mass is 127. The van der Waals surface area contributed by atoms with Gasteiger partial charge in [0.2, 0.25) is 0 Å². The minimum absolute atomic E-state index is 0.426. The van der Waals surface area contributed by atoms with Crippen molar-refractivity contribution < 1.29 is 0 Å². The first-order valence-electron chi connectivity index (χ1n) is 8.42. The molecule has 1 fully saturated rings. The maximum Gasteiger partial charge on any atom is 0.151 e. The molecule has 1 aliphatic carbocycles. The van der Waals surface area contributed by atoms with E-state index in [9.17, 15) is 5.26 Å². The molecular formula is C19H17IN4S. The molecule has 0 spiro atoms. The lowest BCUT2D eigenvalue weighted by molar-refractivity contribution is 0.359. The third-order valence-electron chi connectivity index (χ3n) is 5.07. The Balaban J connectivity index is 1.83. The van der Waals surface area contributed by atoms with Crippen molar-refractivity contribution >= 4 is 41.4 Å². The van der Waals surface area contributed by atoms with Crippen molar-refractivity contribution in [1.29, 1.82) is 5.26 Å². The fourth-order valence-electron chi connectivity index (χ4n) is 3.73. The van der Waals surface area contributed by atoms with Crippen molar-refractivity contribution in [3.8, 4) is 17.3 Å². The summed E-state index contributed by atoms with van der Waals surface area (Å²) in [5.41, 5.74) is 3.42. The SMILES string of the molecule is N#CC1(c2cccc(-c3ccnc4c3ccn4SI)n2)CCCCC1. The van der Waals surface area contributed by atoms with Crippen molar-refractivity contribution in [2.45, 2.75) is 37.5 Å². The summed E-state index contributed by atoms with van der Waals surface area (Å²) in [4.78, 5) is 9.42. The van der Waals surface area contributed by atoms with E-state index in [2.05, 4.69) is 38.3 Å². The second kappa shape index (κ2) is 6.96. The largest absolute Gasteiger partial charge is 0.266 e. The van der Waals surface area contributed by atoms with Crippen LogP contribution in [0.4, 0.5) is 0 Å². The number of nitrogens with zero attached hydrogens (tertiary/aromatic N) is 4. The minimum Gasteiger partial charge on any atom is -0.266 e. The normalized spacial score (nSPS) is 16.6. The Bertz CT molecular complexity index is 953. The van der Waals surface area contributed by atoms with Crippen LogP contribution in [-0.4, -0.2) is 13.9 Å². The summed E-state index contributed by atoms with van der Waals surface area (Å²) in [5, 5.41) is 10.9. The van der Waals surface area contributed by atoms with E-state index in [1.165, 1.54) is 6.42 Å². The van der Waals surface area contributed by atoms with Crippen molar-refractivity contribution in [2.75, 3.05) is 0 Å². The Morgan fingerprint density at radius 1 is 1.16 bits per heavy atom. The highest BCUT2D eigenvalue weighted by Crippen LogP contribution is 2.39. The van der Waals surface area contributed by atoms with Gasteiger partial charge in [0, 0.05) is 53.7 Å². The van der Waals surface area contributed by atoms with Crippen molar-refractivity contribution in [2.24, 2.45) is 0 Å². The van der Waals surface area contributed by atoms with Crippen LogP contribution in [0.2, 0.25) is 0 Å². The van der Waals surface area contributed by atoms with Gasteiger partial charge in [0.05, 0.1) is 22.9 Å². The zero-order valence-electron chi connectivity index (χ0n) is 13.7. The number of fused-ring (bicyclic) bond motifs is 1. The topological polar surface area (TPSA) is 54.5 Å². The van der Waals surface area contributed by atoms with Crippen LogP contribution in [0.1, 0.15) is 37.8 Å². The molecule has 0 aromatic carbocycles. The van der Waals surface area contributed by atoms with Gasteiger partial charge in [0.1, 0.15) is 0 Å². The molecule has 6 heteroatoms. The van der Waals surface area contributed by atoms with E-state index in [-0.39, 0.29) is 0 Å². The maximum absolute atomic E-state index is 9.86. The predicted octanol–water partition coefficient (Wildman–Crippen LogP) is 5.67. The highest BCUT2D eigenvalue weighted by Gasteiger charge is 2.35.